The van der Waals surface area contributed by atoms with Gasteiger partial charge >= 0.3 is 0 Å². The van der Waals surface area contributed by atoms with Crippen molar-refractivity contribution in [2.75, 3.05) is 6.61 Å². The normalized spacial score (nSPS) is 10.2. The van der Waals surface area contributed by atoms with Crippen LogP contribution in [0.3, 0.4) is 0 Å². The van der Waals surface area contributed by atoms with E-state index < -0.39 is 0 Å². The summed E-state index contributed by atoms with van der Waals surface area (Å²) in [5.74, 6) is 7.26. The molecule has 112 valence electrons. The van der Waals surface area contributed by atoms with Gasteiger partial charge in [-0.15, -0.1) is 0 Å². The molecule has 0 saturated carbocycles. The Morgan fingerprint density at radius 2 is 1.86 bits per heavy atom. The highest BCUT2D eigenvalue weighted by atomic mass is 16.5. The number of nitrogens with one attached hydrogen (secondary N) is 1. The summed E-state index contributed by atoms with van der Waals surface area (Å²) >= 11 is 0. The molecule has 6 nitrogen and oxygen atoms in total. The molecule has 2 aromatic rings. The maximum atomic E-state index is 11.5. The predicted molar refractivity (Wildman–Crippen MR) is 77.0 cm³/mol. The van der Waals surface area contributed by atoms with E-state index in [9.17, 15) is 4.79 Å². The molecule has 0 spiro atoms. The van der Waals surface area contributed by atoms with Crippen molar-refractivity contribution >= 4 is 5.91 Å². The molecular weight excluding hydrogens is 272 g/mol. The van der Waals surface area contributed by atoms with Crippen molar-refractivity contribution in [3.8, 4) is 11.5 Å². The number of carbonyl (C=O) groups is 1. The lowest BCUT2D eigenvalue weighted by atomic mass is 10.2. The maximum absolute atomic E-state index is 11.5. The topological polar surface area (TPSA) is 86.7 Å². The number of furan rings is 1. The number of hydrogen-bond donors (Lipinski definition) is 2. The first-order valence-corrected chi connectivity index (χ1v) is 6.60. The van der Waals surface area contributed by atoms with Gasteiger partial charge in [-0.2, -0.15) is 0 Å². The summed E-state index contributed by atoms with van der Waals surface area (Å²) in [4.78, 5) is 11.5. The monoisotopic (exact) mass is 290 g/mol. The number of rotatable bonds is 6. The fourth-order valence-corrected chi connectivity index (χ4v) is 1.87. The van der Waals surface area contributed by atoms with Gasteiger partial charge in [-0.3, -0.25) is 10.2 Å². The van der Waals surface area contributed by atoms with E-state index >= 15 is 0 Å². The number of hydrazine groups is 1. The van der Waals surface area contributed by atoms with E-state index in [0.29, 0.717) is 29.4 Å². The Morgan fingerprint density at radius 3 is 2.43 bits per heavy atom. The number of carbonyl (C=O) groups excluding carboxylic acids is 1. The Labute approximate surface area is 122 Å². The average molecular weight is 290 g/mol. The molecule has 0 radical (unpaired) electrons. The number of benzene rings is 1. The minimum Gasteiger partial charge on any atom is -0.494 e. The summed E-state index contributed by atoms with van der Waals surface area (Å²) in [7, 11) is 0. The van der Waals surface area contributed by atoms with Gasteiger partial charge in [0, 0.05) is 0 Å². The van der Waals surface area contributed by atoms with Crippen molar-refractivity contribution in [2.24, 2.45) is 5.84 Å². The Morgan fingerprint density at radius 1 is 1.24 bits per heavy atom. The molecule has 1 amide bonds. The zero-order chi connectivity index (χ0) is 15.2. The molecule has 6 heteroatoms. The first kappa shape index (κ1) is 14.9. The van der Waals surface area contributed by atoms with E-state index in [0.717, 1.165) is 5.75 Å². The molecule has 0 atom stereocenters. The molecule has 0 aliphatic rings. The van der Waals surface area contributed by atoms with Gasteiger partial charge in [0.1, 0.15) is 29.6 Å². The number of ether oxygens (including phenoxy) is 2. The summed E-state index contributed by atoms with van der Waals surface area (Å²) in [6.45, 7) is 4.48. The molecule has 0 unspecified atom stereocenters. The molecule has 1 aromatic carbocycles. The second-order valence-electron chi connectivity index (χ2n) is 4.35. The second-order valence-corrected chi connectivity index (χ2v) is 4.35. The van der Waals surface area contributed by atoms with Crippen LogP contribution in [0.25, 0.3) is 0 Å². The first-order valence-electron chi connectivity index (χ1n) is 6.60. The molecule has 21 heavy (non-hydrogen) atoms. The van der Waals surface area contributed by atoms with Gasteiger partial charge < -0.3 is 13.9 Å². The minimum absolute atomic E-state index is 0.229. The zero-order valence-corrected chi connectivity index (χ0v) is 12.0. The van der Waals surface area contributed by atoms with Crippen molar-refractivity contribution in [3.63, 3.8) is 0 Å². The molecule has 0 bridgehead atoms. The van der Waals surface area contributed by atoms with Crippen LogP contribution in [0.2, 0.25) is 0 Å². The molecule has 0 aliphatic carbocycles. The SMILES string of the molecule is CCOc1ccc(OCc2cc(C(=O)NN)c(C)o2)cc1. The van der Waals surface area contributed by atoms with Gasteiger partial charge in [-0.1, -0.05) is 0 Å². The van der Waals surface area contributed by atoms with Crippen LogP contribution in [0.4, 0.5) is 0 Å². The van der Waals surface area contributed by atoms with Crippen molar-refractivity contribution in [1.82, 2.24) is 5.43 Å². The molecule has 1 aromatic heterocycles. The quantitative estimate of drug-likeness (QED) is 0.483. The number of hydrogen-bond acceptors (Lipinski definition) is 5. The lowest BCUT2D eigenvalue weighted by Crippen LogP contribution is -2.30. The number of nitrogen functional groups attached to an aromatic ring is 1. The van der Waals surface area contributed by atoms with Crippen LogP contribution in [0, 0.1) is 6.92 Å². The summed E-state index contributed by atoms with van der Waals surface area (Å²) in [6, 6.07) is 8.91. The van der Waals surface area contributed by atoms with Crippen molar-refractivity contribution in [1.29, 1.82) is 0 Å². The summed E-state index contributed by atoms with van der Waals surface area (Å²) in [5.41, 5.74) is 2.48. The minimum atomic E-state index is -0.386. The van der Waals surface area contributed by atoms with Crippen molar-refractivity contribution in [2.45, 2.75) is 20.5 Å². The third-order valence-electron chi connectivity index (χ3n) is 2.86. The van der Waals surface area contributed by atoms with E-state index in [1.165, 1.54) is 0 Å². The van der Waals surface area contributed by atoms with Gasteiger partial charge in [-0.05, 0) is 44.2 Å². The van der Waals surface area contributed by atoms with Crippen LogP contribution in [-0.2, 0) is 6.61 Å². The molecular formula is C15H18N2O4. The zero-order valence-electron chi connectivity index (χ0n) is 12.0. The first-order chi connectivity index (χ1) is 10.1. The lowest BCUT2D eigenvalue weighted by molar-refractivity contribution is 0.0952. The standard InChI is InChI=1S/C15H18N2O4/c1-3-19-11-4-6-12(7-5-11)20-9-13-8-14(10(2)21-13)15(18)17-16/h4-8H,3,9,16H2,1-2H3,(H,17,18). The summed E-state index contributed by atoms with van der Waals surface area (Å²) < 4.78 is 16.4. The van der Waals surface area contributed by atoms with Gasteiger partial charge in [0.2, 0.25) is 0 Å². The Bertz CT molecular complexity index is 605. The third-order valence-corrected chi connectivity index (χ3v) is 2.86. The van der Waals surface area contributed by atoms with E-state index in [1.807, 2.05) is 31.2 Å². The van der Waals surface area contributed by atoms with Crippen LogP contribution >= 0.6 is 0 Å². The van der Waals surface area contributed by atoms with Crippen LogP contribution < -0.4 is 20.7 Å². The largest absolute Gasteiger partial charge is 0.494 e. The Balaban J connectivity index is 1.98. The highest BCUT2D eigenvalue weighted by Crippen LogP contribution is 2.20. The predicted octanol–water partition coefficient (Wildman–Crippen LogP) is 2.17. The van der Waals surface area contributed by atoms with Gasteiger partial charge in [-0.25, -0.2) is 5.84 Å². The Kier molecular flexibility index (Phi) is 4.84. The highest BCUT2D eigenvalue weighted by Gasteiger charge is 2.14. The highest BCUT2D eigenvalue weighted by molar-refractivity contribution is 5.94. The lowest BCUT2D eigenvalue weighted by Gasteiger charge is -2.06. The Hall–Kier alpha value is -2.47. The van der Waals surface area contributed by atoms with Crippen LogP contribution in [0.15, 0.2) is 34.7 Å². The molecule has 1 heterocycles. The van der Waals surface area contributed by atoms with Gasteiger partial charge in [0.25, 0.3) is 5.91 Å². The maximum Gasteiger partial charge on any atom is 0.268 e. The van der Waals surface area contributed by atoms with Crippen molar-refractivity contribution < 1.29 is 18.7 Å². The van der Waals surface area contributed by atoms with Crippen LogP contribution in [0.5, 0.6) is 11.5 Å². The number of aryl methyl sites for hydroxylation is 1. The van der Waals surface area contributed by atoms with Gasteiger partial charge in [0.15, 0.2) is 0 Å². The van der Waals surface area contributed by atoms with E-state index in [1.54, 1.807) is 13.0 Å². The van der Waals surface area contributed by atoms with Crippen LogP contribution in [0.1, 0.15) is 28.8 Å². The van der Waals surface area contributed by atoms with E-state index in [4.69, 9.17) is 19.7 Å². The fourth-order valence-electron chi connectivity index (χ4n) is 1.87. The van der Waals surface area contributed by atoms with Crippen LogP contribution in [-0.4, -0.2) is 12.5 Å². The number of amides is 1. The summed E-state index contributed by atoms with van der Waals surface area (Å²) in [5, 5.41) is 0. The molecule has 0 fully saturated rings. The molecule has 0 saturated heterocycles. The molecule has 0 aliphatic heterocycles. The van der Waals surface area contributed by atoms with E-state index in [2.05, 4.69) is 5.43 Å². The molecule has 3 N–H and O–H groups in total. The third kappa shape index (κ3) is 3.76. The van der Waals surface area contributed by atoms with Gasteiger partial charge in [0.05, 0.1) is 12.2 Å². The number of nitrogens with two attached hydrogens (primary N) is 1. The van der Waals surface area contributed by atoms with E-state index in [-0.39, 0.29) is 12.5 Å². The fraction of sp³-hybridized carbons (Fsp3) is 0.267. The average Bonchev–Trinajstić information content (AvgIpc) is 2.87. The molecule has 2 rings (SSSR count). The van der Waals surface area contributed by atoms with Crippen molar-refractivity contribution in [3.05, 3.63) is 47.4 Å². The second kappa shape index (κ2) is 6.81. The summed E-state index contributed by atoms with van der Waals surface area (Å²) in [6.07, 6.45) is 0. The smallest absolute Gasteiger partial charge is 0.268 e.